The van der Waals surface area contributed by atoms with Crippen LogP contribution in [0.15, 0.2) is 124 Å². The molecule has 0 aliphatic carbocycles. The maximum Gasteiger partial charge on any atom is 0.227 e. The number of benzene rings is 4. The molecule has 0 aliphatic heterocycles. The average Bonchev–Trinajstić information content (AvgIpc) is 3.66. The average molecular weight is 764 g/mol. The molecular formula is C39H29IrN3O2-2. The molecule has 0 amide bonds. The molecule has 45 heavy (non-hydrogen) atoms. The van der Waals surface area contributed by atoms with E-state index in [1.54, 1.807) is 0 Å². The summed E-state index contributed by atoms with van der Waals surface area (Å²) < 4.78 is 12.3. The standard InChI is InChI=1S/C27H19N2O2.C12H10N.Ir/c1-16(2)18-11-12-28-22(13-18)20-10-6-9-19-21-14-23-25(15-24(21)30-26(19)20)31-27(29-23)17-7-4-3-5-8-17;1-10-7-8-12(13-9-10)11-5-3-2-4-6-11;/h3-9,11-16H,1-2H3;2-5,7-9H,1H3;/q2*-1;. The Hall–Kier alpha value is -4.90. The van der Waals surface area contributed by atoms with Crippen LogP contribution in [0.4, 0.5) is 0 Å². The number of hydrogen-bond acceptors (Lipinski definition) is 5. The van der Waals surface area contributed by atoms with Crippen LogP contribution < -0.4 is 0 Å². The minimum atomic E-state index is 0. The summed E-state index contributed by atoms with van der Waals surface area (Å²) in [5.41, 5.74) is 10.2. The Morgan fingerprint density at radius 2 is 1.56 bits per heavy atom. The van der Waals surface area contributed by atoms with Crippen molar-refractivity contribution in [2.45, 2.75) is 26.7 Å². The second kappa shape index (κ2) is 13.0. The van der Waals surface area contributed by atoms with Gasteiger partial charge in [-0.3, -0.25) is 0 Å². The zero-order valence-electron chi connectivity index (χ0n) is 25.0. The van der Waals surface area contributed by atoms with Gasteiger partial charge in [-0.1, -0.05) is 66.8 Å². The summed E-state index contributed by atoms with van der Waals surface area (Å²) in [6, 6.07) is 40.4. The van der Waals surface area contributed by atoms with Crippen LogP contribution in [-0.2, 0) is 20.1 Å². The summed E-state index contributed by atoms with van der Waals surface area (Å²) in [4.78, 5) is 13.6. The van der Waals surface area contributed by atoms with Crippen LogP contribution in [0.5, 0.6) is 0 Å². The first-order valence-corrected chi connectivity index (χ1v) is 14.6. The van der Waals surface area contributed by atoms with E-state index in [2.05, 4.69) is 54.1 Å². The van der Waals surface area contributed by atoms with E-state index in [-0.39, 0.29) is 20.1 Å². The number of fused-ring (bicyclic) bond motifs is 4. The molecule has 0 aliphatic rings. The summed E-state index contributed by atoms with van der Waals surface area (Å²) in [6.45, 7) is 6.39. The molecule has 4 aromatic heterocycles. The van der Waals surface area contributed by atoms with Crippen LogP contribution in [0.3, 0.4) is 0 Å². The quantitative estimate of drug-likeness (QED) is 0.167. The van der Waals surface area contributed by atoms with Gasteiger partial charge in [0.05, 0.1) is 5.58 Å². The first-order valence-electron chi connectivity index (χ1n) is 14.6. The van der Waals surface area contributed by atoms with Crippen molar-refractivity contribution in [1.82, 2.24) is 15.0 Å². The van der Waals surface area contributed by atoms with Gasteiger partial charge in [0.25, 0.3) is 0 Å². The van der Waals surface area contributed by atoms with Crippen molar-refractivity contribution >= 4 is 33.0 Å². The zero-order valence-corrected chi connectivity index (χ0v) is 27.4. The molecule has 0 bridgehead atoms. The fourth-order valence-electron chi connectivity index (χ4n) is 5.18. The number of hydrogen-bond donors (Lipinski definition) is 0. The van der Waals surface area contributed by atoms with Gasteiger partial charge in [0.2, 0.25) is 5.89 Å². The number of aromatic nitrogens is 3. The fraction of sp³-hybridized carbons (Fsp3) is 0.103. The smallest absolute Gasteiger partial charge is 0.227 e. The molecule has 0 spiro atoms. The SMILES string of the molecule is CC(C)c1ccnc(-c2[c-]ccc3c2oc2cc4oc(-c5ccccc5)nc4cc23)c1.Cc1ccc(-c2[c-]cccc2)nc1.[Ir]. The molecule has 0 fully saturated rings. The largest absolute Gasteiger partial charge is 0.500 e. The number of aryl methyl sites for hydroxylation is 1. The van der Waals surface area contributed by atoms with Crippen molar-refractivity contribution in [2.24, 2.45) is 0 Å². The molecule has 1 radical (unpaired) electrons. The summed E-state index contributed by atoms with van der Waals surface area (Å²) in [5, 5.41) is 2.03. The summed E-state index contributed by atoms with van der Waals surface area (Å²) in [6.07, 6.45) is 3.72. The van der Waals surface area contributed by atoms with Crippen molar-refractivity contribution in [1.29, 1.82) is 0 Å². The summed E-state index contributed by atoms with van der Waals surface area (Å²) in [5.74, 6) is 1.03. The van der Waals surface area contributed by atoms with Crippen LogP contribution in [0, 0.1) is 19.1 Å². The third kappa shape index (κ3) is 6.21. The second-order valence-corrected chi connectivity index (χ2v) is 11.0. The summed E-state index contributed by atoms with van der Waals surface area (Å²) >= 11 is 0. The molecular weight excluding hydrogens is 735 g/mol. The molecule has 4 aromatic carbocycles. The van der Waals surface area contributed by atoms with Crippen molar-refractivity contribution in [2.75, 3.05) is 0 Å². The van der Waals surface area contributed by atoms with Gasteiger partial charge in [0.15, 0.2) is 5.58 Å². The first kappa shape index (κ1) is 30.1. The maximum absolute atomic E-state index is 6.30. The van der Waals surface area contributed by atoms with E-state index in [0.717, 1.165) is 55.5 Å². The molecule has 5 nitrogen and oxygen atoms in total. The topological polar surface area (TPSA) is 65.0 Å². The van der Waals surface area contributed by atoms with Gasteiger partial charge >= 0.3 is 0 Å². The number of pyridine rings is 2. The van der Waals surface area contributed by atoms with Gasteiger partial charge in [-0.2, -0.15) is 0 Å². The first-order chi connectivity index (χ1) is 21.5. The van der Waals surface area contributed by atoms with Crippen molar-refractivity contribution in [3.8, 4) is 34.0 Å². The Morgan fingerprint density at radius 3 is 2.31 bits per heavy atom. The Bertz CT molecular complexity index is 2200. The Morgan fingerprint density at radius 1 is 0.711 bits per heavy atom. The summed E-state index contributed by atoms with van der Waals surface area (Å²) in [7, 11) is 0. The molecule has 223 valence electrons. The van der Waals surface area contributed by atoms with Gasteiger partial charge in [-0.05, 0) is 54.1 Å². The number of furan rings is 1. The van der Waals surface area contributed by atoms with Gasteiger partial charge < -0.3 is 18.8 Å². The monoisotopic (exact) mass is 764 g/mol. The second-order valence-electron chi connectivity index (χ2n) is 11.0. The van der Waals surface area contributed by atoms with Crippen LogP contribution in [0.1, 0.15) is 30.9 Å². The van der Waals surface area contributed by atoms with E-state index in [4.69, 9.17) is 13.8 Å². The number of oxazole rings is 1. The zero-order chi connectivity index (χ0) is 30.0. The molecule has 0 saturated carbocycles. The minimum absolute atomic E-state index is 0. The predicted octanol–water partition coefficient (Wildman–Crippen LogP) is 10.2. The Labute approximate surface area is 275 Å². The van der Waals surface area contributed by atoms with E-state index in [9.17, 15) is 0 Å². The molecule has 0 N–H and O–H groups in total. The van der Waals surface area contributed by atoms with Gasteiger partial charge in [-0.15, -0.1) is 54.1 Å². The third-order valence-corrected chi connectivity index (χ3v) is 7.57. The predicted molar refractivity (Wildman–Crippen MR) is 176 cm³/mol. The molecule has 4 heterocycles. The van der Waals surface area contributed by atoms with E-state index in [1.807, 2.05) is 104 Å². The van der Waals surface area contributed by atoms with Crippen LogP contribution >= 0.6 is 0 Å². The Balaban J connectivity index is 0.000000215. The molecule has 6 heteroatoms. The van der Waals surface area contributed by atoms with Gasteiger partial charge in [0, 0.05) is 49.5 Å². The van der Waals surface area contributed by atoms with Gasteiger partial charge in [-0.25, -0.2) is 4.98 Å². The molecule has 0 atom stereocenters. The third-order valence-electron chi connectivity index (χ3n) is 7.57. The molecule has 8 rings (SSSR count). The fourth-order valence-corrected chi connectivity index (χ4v) is 5.18. The Kier molecular flexibility index (Phi) is 8.70. The molecule has 8 aromatic rings. The van der Waals surface area contributed by atoms with E-state index in [0.29, 0.717) is 17.4 Å². The van der Waals surface area contributed by atoms with E-state index >= 15 is 0 Å². The number of rotatable bonds is 4. The van der Waals surface area contributed by atoms with Crippen molar-refractivity contribution in [3.05, 3.63) is 139 Å². The molecule has 0 unspecified atom stereocenters. The van der Waals surface area contributed by atoms with Crippen LogP contribution in [0.25, 0.3) is 67.0 Å². The van der Waals surface area contributed by atoms with Gasteiger partial charge in [0.1, 0.15) is 11.1 Å². The van der Waals surface area contributed by atoms with E-state index < -0.39 is 0 Å². The van der Waals surface area contributed by atoms with Crippen molar-refractivity contribution in [3.63, 3.8) is 0 Å². The van der Waals surface area contributed by atoms with Crippen LogP contribution in [-0.4, -0.2) is 15.0 Å². The molecule has 0 saturated heterocycles. The van der Waals surface area contributed by atoms with E-state index in [1.165, 1.54) is 11.1 Å². The maximum atomic E-state index is 6.30. The number of nitrogens with zero attached hydrogens (tertiary/aromatic N) is 3. The normalized spacial score (nSPS) is 11.0. The van der Waals surface area contributed by atoms with Crippen molar-refractivity contribution < 1.29 is 28.9 Å². The van der Waals surface area contributed by atoms with Crippen LogP contribution in [0.2, 0.25) is 0 Å². The minimum Gasteiger partial charge on any atom is -0.500 e.